The maximum atomic E-state index is 12.7. The van der Waals surface area contributed by atoms with Crippen LogP contribution in [-0.4, -0.2) is 31.3 Å². The van der Waals surface area contributed by atoms with E-state index in [0.29, 0.717) is 23.1 Å². The van der Waals surface area contributed by atoms with Gasteiger partial charge >= 0.3 is 0 Å². The Kier molecular flexibility index (Phi) is 4.67. The van der Waals surface area contributed by atoms with Gasteiger partial charge in [0.2, 0.25) is 0 Å². The van der Waals surface area contributed by atoms with E-state index < -0.39 is 22.0 Å². The van der Waals surface area contributed by atoms with Gasteiger partial charge in [-0.15, -0.1) is 0 Å². The largest absolute Gasteiger partial charge is 0.478 e. The predicted molar refractivity (Wildman–Crippen MR) is 106 cm³/mol. The Morgan fingerprint density at radius 2 is 2.03 bits per heavy atom. The van der Waals surface area contributed by atoms with E-state index >= 15 is 0 Å². The van der Waals surface area contributed by atoms with E-state index in [-0.39, 0.29) is 22.1 Å². The highest BCUT2D eigenvalue weighted by atomic mass is 32.2. The van der Waals surface area contributed by atoms with Crippen molar-refractivity contribution in [1.82, 2.24) is 9.71 Å². The molecule has 1 unspecified atom stereocenters. The SMILES string of the molecule is CCC1Oc2ccc(S(=O)(=O)NC(=O)c3cccc4ncccc34)cc2NC1=O. The van der Waals surface area contributed by atoms with Crippen molar-refractivity contribution in [3.8, 4) is 5.75 Å². The minimum atomic E-state index is -4.17. The van der Waals surface area contributed by atoms with Crippen molar-refractivity contribution in [2.24, 2.45) is 0 Å². The number of aromatic nitrogens is 1. The van der Waals surface area contributed by atoms with Gasteiger partial charge in [0.05, 0.1) is 16.1 Å². The summed E-state index contributed by atoms with van der Waals surface area (Å²) in [5, 5.41) is 3.17. The molecular formula is C20H17N3O5S. The zero-order valence-electron chi connectivity index (χ0n) is 15.4. The molecule has 1 aliphatic rings. The van der Waals surface area contributed by atoms with Crippen LogP contribution in [0.4, 0.5) is 5.69 Å². The Balaban J connectivity index is 1.63. The minimum absolute atomic E-state index is 0.165. The summed E-state index contributed by atoms with van der Waals surface area (Å²) in [7, 11) is -4.17. The number of rotatable bonds is 4. The van der Waals surface area contributed by atoms with Gasteiger partial charge in [0, 0.05) is 17.1 Å². The molecule has 3 aromatic rings. The molecule has 8 nitrogen and oxygen atoms in total. The van der Waals surface area contributed by atoms with Gasteiger partial charge in [0.15, 0.2) is 6.10 Å². The van der Waals surface area contributed by atoms with Crippen LogP contribution in [0, 0.1) is 0 Å². The summed E-state index contributed by atoms with van der Waals surface area (Å²) in [6.07, 6.45) is 1.46. The van der Waals surface area contributed by atoms with Crippen molar-refractivity contribution in [2.45, 2.75) is 24.3 Å². The van der Waals surface area contributed by atoms with Crippen LogP contribution < -0.4 is 14.8 Å². The van der Waals surface area contributed by atoms with Crippen LogP contribution in [0.3, 0.4) is 0 Å². The molecule has 148 valence electrons. The smallest absolute Gasteiger partial charge is 0.265 e. The lowest BCUT2D eigenvalue weighted by Crippen LogP contribution is -2.36. The number of hydrogen-bond donors (Lipinski definition) is 2. The number of carbonyl (C=O) groups excluding carboxylic acids is 2. The van der Waals surface area contributed by atoms with Gasteiger partial charge in [0.25, 0.3) is 21.8 Å². The highest BCUT2D eigenvalue weighted by Crippen LogP contribution is 2.32. The number of pyridine rings is 1. The molecule has 2 aromatic carbocycles. The Morgan fingerprint density at radius 1 is 1.21 bits per heavy atom. The van der Waals surface area contributed by atoms with Crippen LogP contribution in [0.1, 0.15) is 23.7 Å². The van der Waals surface area contributed by atoms with Crippen LogP contribution in [0.15, 0.2) is 59.6 Å². The summed E-state index contributed by atoms with van der Waals surface area (Å²) >= 11 is 0. The van der Waals surface area contributed by atoms with Gasteiger partial charge in [-0.05, 0) is 42.8 Å². The molecule has 0 saturated carbocycles. The predicted octanol–water partition coefficient (Wildman–Crippen LogP) is 2.46. The molecule has 0 radical (unpaired) electrons. The Labute approximate surface area is 167 Å². The summed E-state index contributed by atoms with van der Waals surface area (Å²) in [4.78, 5) is 28.6. The number of ether oxygens (including phenoxy) is 1. The lowest BCUT2D eigenvalue weighted by molar-refractivity contribution is -0.123. The highest BCUT2D eigenvalue weighted by Gasteiger charge is 2.28. The first-order valence-electron chi connectivity index (χ1n) is 8.91. The van der Waals surface area contributed by atoms with Crippen molar-refractivity contribution < 1.29 is 22.7 Å². The van der Waals surface area contributed by atoms with Crippen LogP contribution in [0.2, 0.25) is 0 Å². The molecule has 0 bridgehead atoms. The van der Waals surface area contributed by atoms with Crippen molar-refractivity contribution in [3.63, 3.8) is 0 Å². The van der Waals surface area contributed by atoms with Crippen molar-refractivity contribution >= 4 is 38.4 Å². The zero-order valence-corrected chi connectivity index (χ0v) is 16.2. The molecule has 1 aliphatic heterocycles. The first-order valence-corrected chi connectivity index (χ1v) is 10.4. The van der Waals surface area contributed by atoms with E-state index in [2.05, 4.69) is 15.0 Å². The summed E-state index contributed by atoms with van der Waals surface area (Å²) < 4.78 is 33.1. The maximum absolute atomic E-state index is 12.7. The fourth-order valence-corrected chi connectivity index (χ4v) is 4.09. The van der Waals surface area contributed by atoms with Gasteiger partial charge < -0.3 is 10.1 Å². The number of hydrogen-bond acceptors (Lipinski definition) is 6. The van der Waals surface area contributed by atoms with E-state index in [4.69, 9.17) is 4.74 Å². The third-order valence-electron chi connectivity index (χ3n) is 4.57. The summed E-state index contributed by atoms with van der Waals surface area (Å²) in [5.41, 5.74) is 1.01. The highest BCUT2D eigenvalue weighted by molar-refractivity contribution is 7.90. The topological polar surface area (TPSA) is 114 Å². The van der Waals surface area contributed by atoms with Crippen LogP contribution in [0.5, 0.6) is 5.75 Å². The van der Waals surface area contributed by atoms with E-state index in [1.807, 2.05) is 6.92 Å². The minimum Gasteiger partial charge on any atom is -0.478 e. The lowest BCUT2D eigenvalue weighted by atomic mass is 10.1. The second-order valence-corrected chi connectivity index (χ2v) is 8.15. The van der Waals surface area contributed by atoms with E-state index in [0.717, 1.165) is 0 Å². The number of amides is 2. The summed E-state index contributed by atoms with van der Waals surface area (Å²) in [6.45, 7) is 1.81. The number of carbonyl (C=O) groups is 2. The molecule has 0 fully saturated rings. The normalized spacial score (nSPS) is 15.9. The fraction of sp³-hybridized carbons (Fsp3) is 0.150. The fourth-order valence-electron chi connectivity index (χ4n) is 3.10. The van der Waals surface area contributed by atoms with Crippen molar-refractivity contribution in [2.75, 3.05) is 5.32 Å². The van der Waals surface area contributed by atoms with Gasteiger partial charge in [0.1, 0.15) is 5.75 Å². The third-order valence-corrected chi connectivity index (χ3v) is 5.90. The lowest BCUT2D eigenvalue weighted by Gasteiger charge is -2.25. The molecule has 0 aliphatic carbocycles. The number of anilines is 1. The third kappa shape index (κ3) is 3.52. The summed E-state index contributed by atoms with van der Waals surface area (Å²) in [6, 6.07) is 12.3. The first kappa shape index (κ1) is 18.9. The van der Waals surface area contributed by atoms with E-state index in [1.54, 1.807) is 30.5 Å². The van der Waals surface area contributed by atoms with Gasteiger partial charge in [-0.25, -0.2) is 13.1 Å². The average Bonchev–Trinajstić information content (AvgIpc) is 2.72. The molecule has 1 atom stereocenters. The van der Waals surface area contributed by atoms with E-state index in [9.17, 15) is 18.0 Å². The second-order valence-electron chi connectivity index (χ2n) is 6.47. The summed E-state index contributed by atoms with van der Waals surface area (Å²) in [5.74, 6) is -0.739. The Bertz CT molecular complexity index is 1230. The van der Waals surface area contributed by atoms with Crippen LogP contribution >= 0.6 is 0 Å². The monoisotopic (exact) mass is 411 g/mol. The molecule has 1 aromatic heterocycles. The average molecular weight is 411 g/mol. The molecule has 2 amide bonds. The van der Waals surface area contributed by atoms with Gasteiger partial charge in [-0.1, -0.05) is 19.1 Å². The van der Waals surface area contributed by atoms with Gasteiger partial charge in [-0.2, -0.15) is 0 Å². The molecule has 9 heteroatoms. The standard InChI is InChI=1S/C20H17N3O5S/c1-2-17-20(25)22-16-11-12(8-9-18(16)28-17)29(26,27)23-19(24)14-5-3-7-15-13(14)6-4-10-21-15/h3-11,17H,2H2,1H3,(H,22,25)(H,23,24). The van der Waals surface area contributed by atoms with Crippen LogP contribution in [0.25, 0.3) is 10.9 Å². The number of nitrogens with one attached hydrogen (secondary N) is 2. The Morgan fingerprint density at radius 3 is 2.83 bits per heavy atom. The van der Waals surface area contributed by atoms with Crippen molar-refractivity contribution in [1.29, 1.82) is 0 Å². The maximum Gasteiger partial charge on any atom is 0.265 e. The number of fused-ring (bicyclic) bond motifs is 2. The second kappa shape index (κ2) is 7.17. The molecular weight excluding hydrogens is 394 g/mol. The molecule has 4 rings (SSSR count). The van der Waals surface area contributed by atoms with Gasteiger partial charge in [-0.3, -0.25) is 14.6 Å². The van der Waals surface area contributed by atoms with E-state index in [1.165, 1.54) is 24.3 Å². The molecule has 0 saturated heterocycles. The number of benzene rings is 2. The quantitative estimate of drug-likeness (QED) is 0.682. The van der Waals surface area contributed by atoms with Crippen molar-refractivity contribution in [3.05, 3.63) is 60.3 Å². The molecule has 29 heavy (non-hydrogen) atoms. The van der Waals surface area contributed by atoms with Crippen LogP contribution in [-0.2, 0) is 14.8 Å². The molecule has 0 spiro atoms. The zero-order chi connectivity index (χ0) is 20.6. The number of nitrogens with zero attached hydrogens (tertiary/aromatic N) is 1. The molecule has 2 heterocycles. The molecule has 2 N–H and O–H groups in total. The Hall–Kier alpha value is -3.46. The number of sulfonamides is 1. The first-order chi connectivity index (χ1) is 13.9.